The van der Waals surface area contributed by atoms with E-state index in [1.165, 1.54) is 11.1 Å². The van der Waals surface area contributed by atoms with Crippen molar-refractivity contribution in [2.75, 3.05) is 51.3 Å². The summed E-state index contributed by atoms with van der Waals surface area (Å²) in [6.07, 6.45) is 5.87. The number of nitrogens with zero attached hydrogens (tertiary/aromatic N) is 5. The molecule has 1 N–H and O–H groups in total. The third-order valence-corrected chi connectivity index (χ3v) is 5.72. The molecule has 0 unspecified atom stereocenters. The van der Waals surface area contributed by atoms with Crippen molar-refractivity contribution >= 4 is 11.9 Å². The number of piperazine rings is 1. The Morgan fingerprint density at radius 2 is 1.84 bits per heavy atom. The van der Waals surface area contributed by atoms with Crippen molar-refractivity contribution in [1.29, 1.82) is 0 Å². The minimum Gasteiger partial charge on any atom is -0.381 e. The van der Waals surface area contributed by atoms with Crippen molar-refractivity contribution in [2.45, 2.75) is 32.1 Å². The second-order valence-electron chi connectivity index (χ2n) is 7.87. The first-order chi connectivity index (χ1) is 15.3. The molecule has 2 saturated heterocycles. The molecule has 1 aromatic carbocycles. The van der Waals surface area contributed by atoms with Gasteiger partial charge in [0.2, 0.25) is 5.95 Å². The molecule has 2 aliphatic rings. The van der Waals surface area contributed by atoms with Gasteiger partial charge in [0.25, 0.3) is 0 Å². The number of aromatic nitrogens is 2. The van der Waals surface area contributed by atoms with Crippen molar-refractivity contribution < 1.29 is 9.47 Å². The fraction of sp³-hybridized carbons (Fsp3) is 0.522. The maximum absolute atomic E-state index is 6.07. The highest BCUT2D eigenvalue weighted by molar-refractivity contribution is 5.80. The fourth-order valence-electron chi connectivity index (χ4n) is 3.97. The summed E-state index contributed by atoms with van der Waals surface area (Å²) in [4.78, 5) is 17.7. The minimum atomic E-state index is 0.314. The predicted octanol–water partition coefficient (Wildman–Crippen LogP) is 2.07. The summed E-state index contributed by atoms with van der Waals surface area (Å²) in [6, 6.07) is 10.4. The van der Waals surface area contributed by atoms with Crippen LogP contribution >= 0.6 is 0 Å². The third-order valence-electron chi connectivity index (χ3n) is 5.72. The topological polar surface area (TPSA) is 75.1 Å². The van der Waals surface area contributed by atoms with Crippen LogP contribution in [0.5, 0.6) is 0 Å². The van der Waals surface area contributed by atoms with E-state index in [-0.39, 0.29) is 0 Å². The molecule has 0 amide bonds. The standard InChI is InChI=1S/C23H32N6O2/c1-24-22(28-10-12-29(13-11-28)23-25-8-3-9-26-23)27-17-19-4-2-5-20(16-19)18-31-21-6-14-30-15-7-21/h2-5,8-9,16,21H,6-7,10-15,17-18H2,1H3,(H,24,27). The number of nitrogens with one attached hydrogen (secondary N) is 1. The number of anilines is 1. The van der Waals surface area contributed by atoms with E-state index in [9.17, 15) is 0 Å². The van der Waals surface area contributed by atoms with E-state index in [4.69, 9.17) is 9.47 Å². The van der Waals surface area contributed by atoms with E-state index in [1.807, 2.05) is 13.1 Å². The summed E-state index contributed by atoms with van der Waals surface area (Å²) >= 11 is 0. The monoisotopic (exact) mass is 424 g/mol. The average molecular weight is 425 g/mol. The summed E-state index contributed by atoms with van der Waals surface area (Å²) in [6.45, 7) is 6.53. The van der Waals surface area contributed by atoms with Crippen LogP contribution in [0.4, 0.5) is 5.95 Å². The number of ether oxygens (including phenoxy) is 2. The van der Waals surface area contributed by atoms with Crippen molar-refractivity contribution in [3.8, 4) is 0 Å². The Balaban J connectivity index is 1.25. The number of hydrogen-bond donors (Lipinski definition) is 1. The van der Waals surface area contributed by atoms with E-state index in [1.54, 1.807) is 12.4 Å². The Labute approximate surface area is 184 Å². The number of guanidine groups is 1. The molecule has 2 fully saturated rings. The SMILES string of the molecule is CN=C(NCc1cccc(COC2CCOCC2)c1)N1CCN(c2ncccn2)CC1. The molecule has 2 aromatic rings. The molecule has 166 valence electrons. The number of rotatable bonds is 6. The largest absolute Gasteiger partial charge is 0.381 e. The van der Waals surface area contributed by atoms with E-state index in [0.717, 1.165) is 70.7 Å². The molecule has 3 heterocycles. The molecule has 0 atom stereocenters. The number of benzene rings is 1. The van der Waals surface area contributed by atoms with Gasteiger partial charge in [0.1, 0.15) is 0 Å². The van der Waals surface area contributed by atoms with Crippen LogP contribution < -0.4 is 10.2 Å². The zero-order valence-electron chi connectivity index (χ0n) is 18.2. The zero-order chi connectivity index (χ0) is 21.3. The molecule has 0 aliphatic carbocycles. The molecule has 31 heavy (non-hydrogen) atoms. The van der Waals surface area contributed by atoms with E-state index in [2.05, 4.69) is 54.3 Å². The summed E-state index contributed by atoms with van der Waals surface area (Å²) in [5.74, 6) is 1.72. The lowest BCUT2D eigenvalue weighted by Crippen LogP contribution is -2.52. The Morgan fingerprint density at radius 3 is 2.58 bits per heavy atom. The van der Waals surface area contributed by atoms with Gasteiger partial charge in [-0.2, -0.15) is 0 Å². The van der Waals surface area contributed by atoms with Crippen LogP contribution in [0.1, 0.15) is 24.0 Å². The van der Waals surface area contributed by atoms with Gasteiger partial charge >= 0.3 is 0 Å². The Morgan fingerprint density at radius 1 is 1.10 bits per heavy atom. The summed E-state index contributed by atoms with van der Waals surface area (Å²) in [5, 5.41) is 3.51. The second-order valence-corrected chi connectivity index (χ2v) is 7.87. The van der Waals surface area contributed by atoms with Crippen molar-refractivity contribution in [3.05, 3.63) is 53.9 Å². The van der Waals surface area contributed by atoms with Crippen LogP contribution in [0.25, 0.3) is 0 Å². The van der Waals surface area contributed by atoms with Gasteiger partial charge in [0.15, 0.2) is 5.96 Å². The molecular weight excluding hydrogens is 392 g/mol. The number of hydrogen-bond acceptors (Lipinski definition) is 6. The van der Waals surface area contributed by atoms with E-state index < -0.39 is 0 Å². The maximum atomic E-state index is 6.07. The van der Waals surface area contributed by atoms with E-state index in [0.29, 0.717) is 12.7 Å². The lowest BCUT2D eigenvalue weighted by molar-refractivity contribution is -0.0390. The van der Waals surface area contributed by atoms with Gasteiger partial charge < -0.3 is 24.6 Å². The van der Waals surface area contributed by atoms with Crippen molar-refractivity contribution in [1.82, 2.24) is 20.2 Å². The molecule has 8 heteroatoms. The molecule has 0 saturated carbocycles. The van der Waals surface area contributed by atoms with Gasteiger partial charge in [-0.25, -0.2) is 9.97 Å². The minimum absolute atomic E-state index is 0.314. The van der Waals surface area contributed by atoms with Gasteiger partial charge in [0, 0.05) is 65.4 Å². The van der Waals surface area contributed by atoms with E-state index >= 15 is 0 Å². The normalized spacial score (nSPS) is 18.3. The average Bonchev–Trinajstić information content (AvgIpc) is 2.85. The predicted molar refractivity (Wildman–Crippen MR) is 121 cm³/mol. The first kappa shape index (κ1) is 21.5. The highest BCUT2D eigenvalue weighted by Gasteiger charge is 2.21. The lowest BCUT2D eigenvalue weighted by Gasteiger charge is -2.36. The van der Waals surface area contributed by atoms with Gasteiger partial charge in [-0.05, 0) is 30.0 Å². The van der Waals surface area contributed by atoms with Crippen LogP contribution in [-0.4, -0.2) is 73.4 Å². The first-order valence-corrected chi connectivity index (χ1v) is 11.1. The quantitative estimate of drug-likeness (QED) is 0.562. The van der Waals surface area contributed by atoms with Crippen LogP contribution in [0.3, 0.4) is 0 Å². The second kappa shape index (κ2) is 11.1. The molecule has 0 radical (unpaired) electrons. The zero-order valence-corrected chi connectivity index (χ0v) is 18.2. The third kappa shape index (κ3) is 6.15. The lowest BCUT2D eigenvalue weighted by atomic mass is 10.1. The number of aliphatic imine (C=N–C) groups is 1. The van der Waals surface area contributed by atoms with Gasteiger partial charge in [0.05, 0.1) is 12.7 Å². The smallest absolute Gasteiger partial charge is 0.225 e. The Kier molecular flexibility index (Phi) is 7.68. The van der Waals surface area contributed by atoms with Crippen LogP contribution in [-0.2, 0) is 22.6 Å². The van der Waals surface area contributed by atoms with Gasteiger partial charge in [-0.1, -0.05) is 24.3 Å². The van der Waals surface area contributed by atoms with Crippen molar-refractivity contribution in [3.63, 3.8) is 0 Å². The summed E-state index contributed by atoms with van der Waals surface area (Å²) < 4.78 is 11.5. The molecule has 0 bridgehead atoms. The Hall–Kier alpha value is -2.71. The summed E-state index contributed by atoms with van der Waals surface area (Å²) in [7, 11) is 1.84. The molecule has 2 aliphatic heterocycles. The molecule has 8 nitrogen and oxygen atoms in total. The summed E-state index contributed by atoms with van der Waals surface area (Å²) in [5.41, 5.74) is 2.43. The molecule has 4 rings (SSSR count). The highest BCUT2D eigenvalue weighted by atomic mass is 16.5. The molecule has 0 spiro atoms. The van der Waals surface area contributed by atoms with Gasteiger partial charge in [-0.3, -0.25) is 4.99 Å². The molecule has 1 aromatic heterocycles. The Bertz CT molecular complexity index is 833. The van der Waals surface area contributed by atoms with Gasteiger partial charge in [-0.15, -0.1) is 0 Å². The maximum Gasteiger partial charge on any atom is 0.225 e. The molecular formula is C23H32N6O2. The highest BCUT2D eigenvalue weighted by Crippen LogP contribution is 2.15. The van der Waals surface area contributed by atoms with Crippen LogP contribution in [0, 0.1) is 0 Å². The van der Waals surface area contributed by atoms with Crippen LogP contribution in [0.15, 0.2) is 47.7 Å². The van der Waals surface area contributed by atoms with Crippen molar-refractivity contribution in [2.24, 2.45) is 4.99 Å². The van der Waals surface area contributed by atoms with Crippen LogP contribution in [0.2, 0.25) is 0 Å². The first-order valence-electron chi connectivity index (χ1n) is 11.1. The fourth-order valence-corrected chi connectivity index (χ4v) is 3.97.